The molecule has 1 nitrogen and oxygen atoms in total. The van der Waals surface area contributed by atoms with Crippen LogP contribution in [0.15, 0.2) is 24.3 Å². The summed E-state index contributed by atoms with van der Waals surface area (Å²) in [6.07, 6.45) is 0. The van der Waals surface area contributed by atoms with E-state index in [1.54, 1.807) is 0 Å². The minimum atomic E-state index is 0.754. The molecule has 1 aromatic carbocycles. The Balaban J connectivity index is 1.96. The lowest BCUT2D eigenvalue weighted by molar-refractivity contribution is 0.327. The molecular formula is C10H12OS. The lowest BCUT2D eigenvalue weighted by Crippen LogP contribution is -2.03. The Morgan fingerprint density at radius 2 is 2.25 bits per heavy atom. The number of rotatable bonds is 3. The minimum absolute atomic E-state index is 0.754. The van der Waals surface area contributed by atoms with Crippen LogP contribution in [0.25, 0.3) is 0 Å². The van der Waals surface area contributed by atoms with Crippen molar-refractivity contribution in [3.05, 3.63) is 29.8 Å². The number of thioether (sulfide) groups is 1. The fourth-order valence-corrected chi connectivity index (χ4v) is 1.46. The van der Waals surface area contributed by atoms with Gasteiger partial charge in [0.1, 0.15) is 12.4 Å². The molecule has 1 aliphatic heterocycles. The zero-order chi connectivity index (χ0) is 8.39. The molecule has 1 aliphatic rings. The molecule has 1 unspecified atom stereocenters. The van der Waals surface area contributed by atoms with Crippen LogP contribution in [0.3, 0.4) is 0 Å². The van der Waals surface area contributed by atoms with E-state index in [0.29, 0.717) is 0 Å². The zero-order valence-electron chi connectivity index (χ0n) is 7.12. The van der Waals surface area contributed by atoms with E-state index in [0.717, 1.165) is 17.6 Å². The third kappa shape index (κ3) is 1.95. The van der Waals surface area contributed by atoms with Gasteiger partial charge in [0.25, 0.3) is 0 Å². The lowest BCUT2D eigenvalue weighted by atomic mass is 10.2. The fourth-order valence-electron chi connectivity index (χ4n) is 1.07. The molecule has 0 saturated carbocycles. The molecule has 0 radical (unpaired) electrons. The summed E-state index contributed by atoms with van der Waals surface area (Å²) in [6, 6.07) is 8.16. The van der Waals surface area contributed by atoms with Gasteiger partial charge < -0.3 is 4.74 Å². The number of aryl methyl sites for hydroxylation is 1. The molecule has 1 heterocycles. The van der Waals surface area contributed by atoms with Crippen LogP contribution in [-0.2, 0) is 0 Å². The molecule has 0 spiro atoms. The molecule has 1 aromatic rings. The van der Waals surface area contributed by atoms with Gasteiger partial charge in [-0.25, -0.2) is 0 Å². The maximum absolute atomic E-state index is 5.64. The van der Waals surface area contributed by atoms with Crippen LogP contribution in [0.2, 0.25) is 0 Å². The molecule has 1 fully saturated rings. The number of hydrogen-bond acceptors (Lipinski definition) is 2. The molecule has 2 heteroatoms. The summed E-state index contributed by atoms with van der Waals surface area (Å²) in [4.78, 5) is 0. The van der Waals surface area contributed by atoms with Gasteiger partial charge in [0, 0.05) is 11.0 Å². The third-order valence-electron chi connectivity index (χ3n) is 1.92. The summed E-state index contributed by atoms with van der Waals surface area (Å²) < 4.78 is 5.64. The average Bonchev–Trinajstić information content (AvgIpc) is 2.86. The molecule has 0 aliphatic carbocycles. The largest absolute Gasteiger partial charge is 0.492 e. The Kier molecular flexibility index (Phi) is 2.26. The van der Waals surface area contributed by atoms with Crippen LogP contribution in [0, 0.1) is 6.92 Å². The molecule has 0 N–H and O–H groups in total. The van der Waals surface area contributed by atoms with E-state index in [1.807, 2.05) is 30.0 Å². The van der Waals surface area contributed by atoms with E-state index in [-0.39, 0.29) is 0 Å². The second kappa shape index (κ2) is 3.40. The van der Waals surface area contributed by atoms with E-state index in [1.165, 1.54) is 11.3 Å². The third-order valence-corrected chi connectivity index (χ3v) is 2.86. The van der Waals surface area contributed by atoms with Crippen LogP contribution in [-0.4, -0.2) is 17.6 Å². The molecule has 0 amide bonds. The standard InChI is InChI=1S/C10H12OS/c1-8-4-2-3-5-10(8)11-6-9-7-12-9/h2-5,9H,6-7H2,1H3. The van der Waals surface area contributed by atoms with Gasteiger partial charge in [-0.1, -0.05) is 18.2 Å². The Labute approximate surface area is 77.1 Å². The highest BCUT2D eigenvalue weighted by Gasteiger charge is 2.22. The highest BCUT2D eigenvalue weighted by atomic mass is 32.2. The SMILES string of the molecule is Cc1ccccc1OCC1CS1. The Morgan fingerprint density at radius 1 is 1.50 bits per heavy atom. The van der Waals surface area contributed by atoms with Crippen LogP contribution in [0.4, 0.5) is 0 Å². The van der Waals surface area contributed by atoms with Gasteiger partial charge in [0.05, 0.1) is 0 Å². The molecule has 0 bridgehead atoms. The van der Waals surface area contributed by atoms with Crippen molar-refractivity contribution in [3.63, 3.8) is 0 Å². The zero-order valence-corrected chi connectivity index (χ0v) is 7.93. The van der Waals surface area contributed by atoms with Crippen molar-refractivity contribution >= 4 is 11.8 Å². The van der Waals surface area contributed by atoms with Crippen molar-refractivity contribution in [1.82, 2.24) is 0 Å². The molecular weight excluding hydrogens is 168 g/mol. The van der Waals surface area contributed by atoms with E-state index in [4.69, 9.17) is 4.74 Å². The number of hydrogen-bond donors (Lipinski definition) is 0. The molecule has 12 heavy (non-hydrogen) atoms. The lowest BCUT2D eigenvalue weighted by Gasteiger charge is -2.06. The van der Waals surface area contributed by atoms with Crippen molar-refractivity contribution in [2.24, 2.45) is 0 Å². The number of benzene rings is 1. The topological polar surface area (TPSA) is 9.23 Å². The predicted molar refractivity (Wildman–Crippen MR) is 52.9 cm³/mol. The first kappa shape index (κ1) is 7.99. The monoisotopic (exact) mass is 180 g/mol. The summed E-state index contributed by atoms with van der Waals surface area (Å²) in [6.45, 7) is 2.95. The molecule has 1 saturated heterocycles. The summed E-state index contributed by atoms with van der Waals surface area (Å²) in [5.41, 5.74) is 1.23. The second-order valence-corrected chi connectivity index (χ2v) is 4.37. The van der Waals surface area contributed by atoms with Crippen molar-refractivity contribution in [2.45, 2.75) is 12.2 Å². The van der Waals surface area contributed by atoms with Crippen molar-refractivity contribution < 1.29 is 4.74 Å². The highest BCUT2D eigenvalue weighted by molar-refractivity contribution is 8.06. The van der Waals surface area contributed by atoms with E-state index in [9.17, 15) is 0 Å². The summed E-state index contributed by atoms with van der Waals surface area (Å²) >= 11 is 1.97. The maximum atomic E-state index is 5.64. The Bertz CT molecular complexity index is 268. The van der Waals surface area contributed by atoms with Crippen molar-refractivity contribution in [3.8, 4) is 5.75 Å². The molecule has 2 rings (SSSR count). The predicted octanol–water partition coefficient (Wildman–Crippen LogP) is 2.49. The van der Waals surface area contributed by atoms with Gasteiger partial charge in [0.15, 0.2) is 0 Å². The van der Waals surface area contributed by atoms with Gasteiger partial charge in [-0.05, 0) is 18.6 Å². The summed E-state index contributed by atoms with van der Waals surface area (Å²) in [5.74, 6) is 2.30. The Hall–Kier alpha value is -0.630. The maximum Gasteiger partial charge on any atom is 0.122 e. The smallest absolute Gasteiger partial charge is 0.122 e. The molecule has 1 atom stereocenters. The first-order valence-electron chi connectivity index (χ1n) is 4.16. The van der Waals surface area contributed by atoms with Crippen LogP contribution in [0.1, 0.15) is 5.56 Å². The first-order chi connectivity index (χ1) is 5.86. The van der Waals surface area contributed by atoms with Crippen molar-refractivity contribution in [2.75, 3.05) is 12.4 Å². The van der Waals surface area contributed by atoms with Crippen LogP contribution < -0.4 is 4.74 Å². The number of ether oxygens (including phenoxy) is 1. The van der Waals surface area contributed by atoms with Gasteiger partial charge in [-0.15, -0.1) is 0 Å². The first-order valence-corrected chi connectivity index (χ1v) is 5.21. The normalized spacial score (nSPS) is 20.6. The quantitative estimate of drug-likeness (QED) is 0.661. The van der Waals surface area contributed by atoms with Gasteiger partial charge >= 0.3 is 0 Å². The summed E-state index contributed by atoms with van der Waals surface area (Å²) in [7, 11) is 0. The fraction of sp³-hybridized carbons (Fsp3) is 0.400. The van der Waals surface area contributed by atoms with E-state index >= 15 is 0 Å². The summed E-state index contributed by atoms with van der Waals surface area (Å²) in [5, 5.41) is 0.754. The van der Waals surface area contributed by atoms with Gasteiger partial charge in [0.2, 0.25) is 0 Å². The van der Waals surface area contributed by atoms with Crippen LogP contribution in [0.5, 0.6) is 5.75 Å². The molecule has 0 aromatic heterocycles. The second-order valence-electron chi connectivity index (χ2n) is 3.03. The minimum Gasteiger partial charge on any atom is -0.492 e. The average molecular weight is 180 g/mol. The van der Waals surface area contributed by atoms with Gasteiger partial charge in [-0.2, -0.15) is 11.8 Å². The van der Waals surface area contributed by atoms with E-state index in [2.05, 4.69) is 13.0 Å². The number of para-hydroxylation sites is 1. The van der Waals surface area contributed by atoms with E-state index < -0.39 is 0 Å². The Morgan fingerprint density at radius 3 is 2.92 bits per heavy atom. The van der Waals surface area contributed by atoms with Crippen LogP contribution >= 0.6 is 11.8 Å². The molecule has 64 valence electrons. The van der Waals surface area contributed by atoms with Gasteiger partial charge in [-0.3, -0.25) is 0 Å². The van der Waals surface area contributed by atoms with Crippen molar-refractivity contribution in [1.29, 1.82) is 0 Å². The highest BCUT2D eigenvalue weighted by Crippen LogP contribution is 2.30.